The molecule has 0 heterocycles. The van der Waals surface area contributed by atoms with E-state index < -0.39 is 30.1 Å². The van der Waals surface area contributed by atoms with Crippen molar-refractivity contribution in [1.82, 2.24) is 16.0 Å². The van der Waals surface area contributed by atoms with E-state index in [-0.39, 0.29) is 32.8 Å². The number of hydrogen-bond acceptors (Lipinski definition) is 7. The smallest absolute Gasteiger partial charge is 0.407 e. The zero-order chi connectivity index (χ0) is 29.1. The average Bonchev–Trinajstić information content (AvgIpc) is 3.01. The van der Waals surface area contributed by atoms with Crippen molar-refractivity contribution in [2.45, 2.75) is 45.1 Å². The zero-order valence-corrected chi connectivity index (χ0v) is 22.8. The van der Waals surface area contributed by atoms with E-state index in [1.54, 1.807) is 0 Å². The standard InChI is InChI=1S/C31H35N3O7/c35-28(20-33-31(38)41-23-26-16-8-3-9-17-26)34-27(29(36)39-21-24-12-4-1-5-13-24)18-10-11-19-32-30(37)40-22-25-14-6-2-7-15-25/h1-9,12-17,27H,10-11,18-23H2,(H,32,37)(H,33,38)(H,34,35)/t27-/m0/s1. The fourth-order valence-corrected chi connectivity index (χ4v) is 3.69. The van der Waals surface area contributed by atoms with Gasteiger partial charge in [0.15, 0.2) is 0 Å². The highest BCUT2D eigenvalue weighted by Gasteiger charge is 2.22. The van der Waals surface area contributed by atoms with E-state index in [2.05, 4.69) is 16.0 Å². The second kappa shape index (κ2) is 17.7. The summed E-state index contributed by atoms with van der Waals surface area (Å²) in [6, 6.07) is 26.7. The van der Waals surface area contributed by atoms with Crippen molar-refractivity contribution in [1.29, 1.82) is 0 Å². The maximum Gasteiger partial charge on any atom is 0.407 e. The number of rotatable bonds is 15. The van der Waals surface area contributed by atoms with Crippen molar-refractivity contribution in [3.05, 3.63) is 108 Å². The first-order valence-corrected chi connectivity index (χ1v) is 13.4. The lowest BCUT2D eigenvalue weighted by Gasteiger charge is -2.18. The maximum absolute atomic E-state index is 12.8. The van der Waals surface area contributed by atoms with Crippen molar-refractivity contribution in [3.63, 3.8) is 0 Å². The molecule has 0 saturated heterocycles. The number of amides is 3. The van der Waals surface area contributed by atoms with Crippen LogP contribution in [0, 0.1) is 0 Å². The molecule has 3 amide bonds. The summed E-state index contributed by atoms with van der Waals surface area (Å²) in [5.41, 5.74) is 2.51. The van der Waals surface area contributed by atoms with Gasteiger partial charge in [0.25, 0.3) is 0 Å². The van der Waals surface area contributed by atoms with Crippen molar-refractivity contribution < 1.29 is 33.4 Å². The SMILES string of the molecule is O=C(CNC(=O)OCc1ccccc1)N[C@@H](CCCCNC(=O)OCc1ccccc1)C(=O)OCc1ccccc1. The van der Waals surface area contributed by atoms with Crippen molar-refractivity contribution in [2.24, 2.45) is 0 Å². The molecule has 0 unspecified atom stereocenters. The highest BCUT2D eigenvalue weighted by Crippen LogP contribution is 2.07. The van der Waals surface area contributed by atoms with Crippen LogP contribution in [0.15, 0.2) is 91.0 Å². The number of alkyl carbamates (subject to hydrolysis) is 2. The number of nitrogens with one attached hydrogen (secondary N) is 3. The first kappa shape index (κ1) is 30.7. The zero-order valence-electron chi connectivity index (χ0n) is 22.8. The van der Waals surface area contributed by atoms with Crippen LogP contribution >= 0.6 is 0 Å². The molecule has 3 rings (SSSR count). The highest BCUT2D eigenvalue weighted by atomic mass is 16.6. The number of ether oxygens (including phenoxy) is 3. The van der Waals surface area contributed by atoms with Crippen LogP contribution in [0.5, 0.6) is 0 Å². The van der Waals surface area contributed by atoms with Crippen LogP contribution in [0.2, 0.25) is 0 Å². The van der Waals surface area contributed by atoms with Gasteiger partial charge in [-0.2, -0.15) is 0 Å². The van der Waals surface area contributed by atoms with Crippen molar-refractivity contribution in [2.75, 3.05) is 13.1 Å². The first-order valence-electron chi connectivity index (χ1n) is 13.4. The van der Waals surface area contributed by atoms with Gasteiger partial charge in [-0.3, -0.25) is 4.79 Å². The molecule has 1 atom stereocenters. The maximum atomic E-state index is 12.8. The average molecular weight is 562 g/mol. The van der Waals surface area contributed by atoms with Gasteiger partial charge in [-0.1, -0.05) is 91.0 Å². The number of carbonyl (C=O) groups is 4. The molecule has 0 fully saturated rings. The van der Waals surface area contributed by atoms with E-state index in [0.717, 1.165) is 16.7 Å². The Morgan fingerprint density at radius 1 is 0.585 bits per heavy atom. The second-order valence-electron chi connectivity index (χ2n) is 9.11. The van der Waals surface area contributed by atoms with Gasteiger partial charge < -0.3 is 30.2 Å². The van der Waals surface area contributed by atoms with Crippen LogP contribution in [0.1, 0.15) is 36.0 Å². The van der Waals surface area contributed by atoms with Crippen LogP contribution in [0.4, 0.5) is 9.59 Å². The lowest BCUT2D eigenvalue weighted by Crippen LogP contribution is -2.46. The van der Waals surface area contributed by atoms with E-state index in [4.69, 9.17) is 14.2 Å². The van der Waals surface area contributed by atoms with Gasteiger partial charge in [0.05, 0.1) is 0 Å². The lowest BCUT2D eigenvalue weighted by atomic mass is 10.1. The van der Waals surface area contributed by atoms with Crippen LogP contribution in [0.25, 0.3) is 0 Å². The van der Waals surface area contributed by atoms with E-state index in [1.165, 1.54) is 0 Å². The molecule has 0 aliphatic carbocycles. The summed E-state index contributed by atoms with van der Waals surface area (Å²) in [6.45, 7) is 0.260. The monoisotopic (exact) mass is 561 g/mol. The quantitative estimate of drug-likeness (QED) is 0.144. The van der Waals surface area contributed by atoms with Gasteiger partial charge in [-0.15, -0.1) is 0 Å². The fourth-order valence-electron chi connectivity index (χ4n) is 3.69. The topological polar surface area (TPSA) is 132 Å². The number of esters is 1. The minimum absolute atomic E-state index is 0.0604. The van der Waals surface area contributed by atoms with Gasteiger partial charge in [0.1, 0.15) is 32.4 Å². The second-order valence-corrected chi connectivity index (χ2v) is 9.11. The Bertz CT molecular complexity index is 1220. The molecule has 41 heavy (non-hydrogen) atoms. The van der Waals surface area contributed by atoms with E-state index >= 15 is 0 Å². The third-order valence-electron chi connectivity index (χ3n) is 5.85. The number of unbranched alkanes of at least 4 members (excludes halogenated alkanes) is 1. The summed E-state index contributed by atoms with van der Waals surface area (Å²) < 4.78 is 15.7. The molecule has 0 radical (unpaired) electrons. The Balaban J connectivity index is 1.40. The summed E-state index contributed by atoms with van der Waals surface area (Å²) in [5.74, 6) is -1.16. The van der Waals surface area contributed by atoms with Gasteiger partial charge in [-0.25, -0.2) is 14.4 Å². The molecule has 10 nitrogen and oxygen atoms in total. The molecule has 0 aliphatic rings. The predicted octanol–water partition coefficient (Wildman–Crippen LogP) is 4.24. The molecule has 0 saturated carbocycles. The predicted molar refractivity (Wildman–Crippen MR) is 151 cm³/mol. The molecular weight excluding hydrogens is 526 g/mol. The number of hydrogen-bond donors (Lipinski definition) is 3. The Morgan fingerprint density at radius 2 is 1.05 bits per heavy atom. The third-order valence-corrected chi connectivity index (χ3v) is 5.85. The molecule has 216 valence electrons. The Hall–Kier alpha value is -4.86. The van der Waals surface area contributed by atoms with Gasteiger partial charge in [-0.05, 0) is 36.0 Å². The molecule has 3 aromatic carbocycles. The summed E-state index contributed by atoms with van der Waals surface area (Å²) in [5, 5.41) is 7.68. The first-order chi connectivity index (χ1) is 20.0. The Morgan fingerprint density at radius 3 is 1.56 bits per heavy atom. The molecule has 0 spiro atoms. The van der Waals surface area contributed by atoms with Gasteiger partial charge in [0, 0.05) is 6.54 Å². The molecule has 0 aliphatic heterocycles. The minimum atomic E-state index is -0.932. The fraction of sp³-hybridized carbons (Fsp3) is 0.290. The van der Waals surface area contributed by atoms with Crippen molar-refractivity contribution in [3.8, 4) is 0 Å². The van der Waals surface area contributed by atoms with Crippen LogP contribution in [-0.2, 0) is 43.6 Å². The van der Waals surface area contributed by atoms with E-state index in [9.17, 15) is 19.2 Å². The molecule has 0 bridgehead atoms. The van der Waals surface area contributed by atoms with E-state index in [0.29, 0.717) is 19.4 Å². The van der Waals surface area contributed by atoms with Gasteiger partial charge >= 0.3 is 18.2 Å². The summed E-state index contributed by atoms with van der Waals surface area (Å²) in [4.78, 5) is 49.2. The molecule has 10 heteroatoms. The minimum Gasteiger partial charge on any atom is -0.459 e. The van der Waals surface area contributed by atoms with Gasteiger partial charge in [0.2, 0.25) is 5.91 Å². The van der Waals surface area contributed by atoms with Crippen LogP contribution in [0.3, 0.4) is 0 Å². The normalized spacial score (nSPS) is 11.0. The summed E-state index contributed by atoms with van der Waals surface area (Å²) in [6.07, 6.45) is 0.0433. The van der Waals surface area contributed by atoms with Crippen molar-refractivity contribution >= 4 is 24.1 Å². The lowest BCUT2D eigenvalue weighted by molar-refractivity contribution is -0.149. The number of carbonyl (C=O) groups excluding carboxylic acids is 4. The van der Waals surface area contributed by atoms with Crippen LogP contribution < -0.4 is 16.0 Å². The number of benzene rings is 3. The molecule has 3 aromatic rings. The third kappa shape index (κ3) is 12.7. The summed E-state index contributed by atoms with van der Waals surface area (Å²) in [7, 11) is 0. The summed E-state index contributed by atoms with van der Waals surface area (Å²) >= 11 is 0. The Labute approximate surface area is 239 Å². The van der Waals surface area contributed by atoms with E-state index in [1.807, 2.05) is 91.0 Å². The molecule has 3 N–H and O–H groups in total. The highest BCUT2D eigenvalue weighted by molar-refractivity contribution is 5.87. The molecule has 0 aromatic heterocycles. The van der Waals surface area contributed by atoms with Crippen LogP contribution in [-0.4, -0.2) is 43.2 Å². The largest absolute Gasteiger partial charge is 0.459 e. The molecular formula is C31H35N3O7. The Kier molecular flexibility index (Phi) is 13.2.